The molecule has 6 heteroatoms. The molecule has 0 spiro atoms. The molecule has 1 amide bonds. The van der Waals surface area contributed by atoms with E-state index in [0.29, 0.717) is 25.1 Å². The van der Waals surface area contributed by atoms with Crippen molar-refractivity contribution in [2.24, 2.45) is 0 Å². The van der Waals surface area contributed by atoms with E-state index in [9.17, 15) is 9.18 Å². The van der Waals surface area contributed by atoms with Crippen molar-refractivity contribution in [2.45, 2.75) is 12.8 Å². The number of aromatic amines is 1. The van der Waals surface area contributed by atoms with Gasteiger partial charge in [-0.25, -0.2) is 4.39 Å². The Morgan fingerprint density at radius 2 is 1.78 bits per heavy atom. The van der Waals surface area contributed by atoms with Crippen LogP contribution in [0, 0.1) is 5.82 Å². The van der Waals surface area contributed by atoms with E-state index in [1.807, 2.05) is 29.2 Å². The second-order valence-electron chi connectivity index (χ2n) is 6.56. The third kappa shape index (κ3) is 3.43. The number of fused-ring (bicyclic) bond motifs is 1. The van der Waals surface area contributed by atoms with Crippen molar-refractivity contribution in [1.29, 1.82) is 0 Å². The van der Waals surface area contributed by atoms with E-state index in [2.05, 4.69) is 10.2 Å². The monoisotopic (exact) mass is 365 g/mol. The van der Waals surface area contributed by atoms with Crippen molar-refractivity contribution in [3.8, 4) is 17.0 Å². The molecule has 2 heterocycles. The van der Waals surface area contributed by atoms with Crippen molar-refractivity contribution in [1.82, 2.24) is 15.1 Å². The standard InChI is InChI=1S/C21H20FN3O2/c1-27-17-8-4-14(5-9-17)20-18-10-12-25(13-11-19(18)23-24-20)21(26)15-2-6-16(22)7-3-15/h2-9H,10-13H2,1H3,(H,23,24). The number of methoxy groups -OCH3 is 1. The molecule has 0 aliphatic carbocycles. The van der Waals surface area contributed by atoms with Crippen LogP contribution in [-0.4, -0.2) is 41.2 Å². The highest BCUT2D eigenvalue weighted by Crippen LogP contribution is 2.28. The van der Waals surface area contributed by atoms with E-state index in [-0.39, 0.29) is 11.7 Å². The molecule has 3 aromatic rings. The number of halogens is 1. The molecule has 0 unspecified atom stereocenters. The van der Waals surface area contributed by atoms with Crippen LogP contribution in [0.1, 0.15) is 21.6 Å². The Morgan fingerprint density at radius 3 is 2.48 bits per heavy atom. The van der Waals surface area contributed by atoms with Crippen molar-refractivity contribution >= 4 is 5.91 Å². The Morgan fingerprint density at radius 1 is 1.07 bits per heavy atom. The first-order valence-electron chi connectivity index (χ1n) is 8.91. The number of hydrogen-bond acceptors (Lipinski definition) is 3. The Kier molecular flexibility index (Phi) is 4.62. The van der Waals surface area contributed by atoms with Gasteiger partial charge >= 0.3 is 0 Å². The predicted octanol–water partition coefficient (Wildman–Crippen LogP) is 3.47. The average Bonchev–Trinajstić information content (AvgIpc) is 2.99. The van der Waals surface area contributed by atoms with Crippen molar-refractivity contribution in [3.05, 3.63) is 71.2 Å². The van der Waals surface area contributed by atoms with Crippen molar-refractivity contribution in [3.63, 3.8) is 0 Å². The minimum absolute atomic E-state index is 0.0703. The van der Waals surface area contributed by atoms with Crippen LogP contribution in [0.4, 0.5) is 4.39 Å². The Balaban J connectivity index is 1.54. The fourth-order valence-corrected chi connectivity index (χ4v) is 3.45. The third-order valence-corrected chi connectivity index (χ3v) is 4.96. The molecular formula is C21H20FN3O2. The van der Waals surface area contributed by atoms with Crippen LogP contribution >= 0.6 is 0 Å². The zero-order chi connectivity index (χ0) is 18.8. The summed E-state index contributed by atoms with van der Waals surface area (Å²) in [6.45, 7) is 1.21. The van der Waals surface area contributed by atoms with Gasteiger partial charge in [-0.2, -0.15) is 5.10 Å². The van der Waals surface area contributed by atoms with Crippen LogP contribution in [0.15, 0.2) is 48.5 Å². The Bertz CT molecular complexity index is 949. The second kappa shape index (κ2) is 7.23. The minimum Gasteiger partial charge on any atom is -0.497 e. The summed E-state index contributed by atoms with van der Waals surface area (Å²) in [7, 11) is 1.64. The number of amides is 1. The van der Waals surface area contributed by atoms with Gasteiger partial charge in [0.1, 0.15) is 11.6 Å². The quantitative estimate of drug-likeness (QED) is 0.773. The summed E-state index contributed by atoms with van der Waals surface area (Å²) in [6, 6.07) is 13.5. The largest absolute Gasteiger partial charge is 0.497 e. The van der Waals surface area contributed by atoms with Crippen LogP contribution in [0.2, 0.25) is 0 Å². The summed E-state index contributed by atoms with van der Waals surface area (Å²) in [5.41, 5.74) is 4.66. The average molecular weight is 365 g/mol. The first kappa shape index (κ1) is 17.3. The van der Waals surface area contributed by atoms with Crippen LogP contribution in [0.5, 0.6) is 5.75 Å². The summed E-state index contributed by atoms with van der Waals surface area (Å²) in [6.07, 6.45) is 1.44. The zero-order valence-corrected chi connectivity index (χ0v) is 15.0. The van der Waals surface area contributed by atoms with Crippen LogP contribution in [0.25, 0.3) is 11.3 Å². The van der Waals surface area contributed by atoms with Gasteiger partial charge in [0, 0.05) is 41.9 Å². The number of rotatable bonds is 3. The highest BCUT2D eigenvalue weighted by molar-refractivity contribution is 5.94. The minimum atomic E-state index is -0.340. The molecule has 1 aliphatic heterocycles. The van der Waals surface area contributed by atoms with Crippen LogP contribution < -0.4 is 4.74 Å². The molecule has 0 atom stereocenters. The van der Waals surface area contributed by atoms with Gasteiger partial charge in [-0.1, -0.05) is 0 Å². The fraction of sp³-hybridized carbons (Fsp3) is 0.238. The van der Waals surface area contributed by atoms with E-state index >= 15 is 0 Å². The number of hydrogen-bond donors (Lipinski definition) is 1. The number of carbonyl (C=O) groups excluding carboxylic acids is 1. The molecule has 27 heavy (non-hydrogen) atoms. The number of aromatic nitrogens is 2. The van der Waals surface area contributed by atoms with Crippen molar-refractivity contribution in [2.75, 3.05) is 20.2 Å². The molecule has 138 valence electrons. The number of nitrogens with one attached hydrogen (secondary N) is 1. The molecule has 4 rings (SSSR count). The van der Waals surface area contributed by atoms with Crippen LogP contribution in [0.3, 0.4) is 0 Å². The number of benzene rings is 2. The number of ether oxygens (including phenoxy) is 1. The lowest BCUT2D eigenvalue weighted by Crippen LogP contribution is -2.33. The first-order chi connectivity index (χ1) is 13.2. The van der Waals surface area contributed by atoms with Crippen LogP contribution in [-0.2, 0) is 12.8 Å². The first-order valence-corrected chi connectivity index (χ1v) is 8.91. The van der Waals surface area contributed by atoms with E-state index in [0.717, 1.165) is 34.7 Å². The maximum Gasteiger partial charge on any atom is 0.253 e. The van der Waals surface area contributed by atoms with Gasteiger partial charge in [-0.05, 0) is 55.0 Å². The molecule has 0 saturated heterocycles. The van der Waals surface area contributed by atoms with Gasteiger partial charge in [0.2, 0.25) is 0 Å². The molecule has 1 aromatic heterocycles. The third-order valence-electron chi connectivity index (χ3n) is 4.96. The maximum absolute atomic E-state index is 13.1. The molecule has 0 bridgehead atoms. The van der Waals surface area contributed by atoms with E-state index in [4.69, 9.17) is 4.74 Å². The molecule has 0 radical (unpaired) electrons. The molecule has 1 N–H and O–H groups in total. The normalized spacial score (nSPS) is 13.8. The topological polar surface area (TPSA) is 58.2 Å². The number of nitrogens with zero attached hydrogens (tertiary/aromatic N) is 2. The maximum atomic E-state index is 13.1. The van der Waals surface area contributed by atoms with Gasteiger partial charge in [-0.15, -0.1) is 0 Å². The molecule has 1 aliphatic rings. The molecule has 0 fully saturated rings. The van der Waals surface area contributed by atoms with Crippen molar-refractivity contribution < 1.29 is 13.9 Å². The van der Waals surface area contributed by atoms with E-state index in [1.165, 1.54) is 24.3 Å². The van der Waals surface area contributed by atoms with Gasteiger partial charge in [-0.3, -0.25) is 9.89 Å². The summed E-state index contributed by atoms with van der Waals surface area (Å²) >= 11 is 0. The highest BCUT2D eigenvalue weighted by atomic mass is 19.1. The fourth-order valence-electron chi connectivity index (χ4n) is 3.45. The van der Waals surface area contributed by atoms with Gasteiger partial charge in [0.15, 0.2) is 0 Å². The smallest absolute Gasteiger partial charge is 0.253 e. The van der Waals surface area contributed by atoms with Gasteiger partial charge < -0.3 is 9.64 Å². The SMILES string of the molecule is COc1ccc(-c2n[nH]c3c2CCN(C(=O)c2ccc(F)cc2)CC3)cc1. The Hall–Kier alpha value is -3.15. The molecule has 2 aromatic carbocycles. The second-order valence-corrected chi connectivity index (χ2v) is 6.56. The summed E-state index contributed by atoms with van der Waals surface area (Å²) < 4.78 is 18.3. The van der Waals surface area contributed by atoms with Gasteiger partial charge in [0.05, 0.1) is 12.8 Å². The van der Waals surface area contributed by atoms with E-state index < -0.39 is 0 Å². The lowest BCUT2D eigenvalue weighted by molar-refractivity contribution is 0.0762. The summed E-state index contributed by atoms with van der Waals surface area (Å²) in [4.78, 5) is 14.5. The summed E-state index contributed by atoms with van der Waals surface area (Å²) in [5, 5.41) is 7.62. The number of carbonyl (C=O) groups is 1. The zero-order valence-electron chi connectivity index (χ0n) is 15.0. The highest BCUT2D eigenvalue weighted by Gasteiger charge is 2.23. The lowest BCUT2D eigenvalue weighted by Gasteiger charge is -2.20. The number of H-pyrrole nitrogens is 1. The van der Waals surface area contributed by atoms with Gasteiger partial charge in [0.25, 0.3) is 5.91 Å². The molecule has 5 nitrogen and oxygen atoms in total. The van der Waals surface area contributed by atoms with E-state index in [1.54, 1.807) is 7.11 Å². The molecular weight excluding hydrogens is 345 g/mol. The Labute approximate surface area is 156 Å². The predicted molar refractivity (Wildman–Crippen MR) is 100 cm³/mol. The molecule has 0 saturated carbocycles. The summed E-state index contributed by atoms with van der Waals surface area (Å²) in [5.74, 6) is 0.392. The lowest BCUT2D eigenvalue weighted by atomic mass is 10.0.